The first kappa shape index (κ1) is 15.3. The molecule has 2 saturated carbocycles. The molecule has 2 rings (SSSR count). The fourth-order valence-electron chi connectivity index (χ4n) is 4.14. The molecular formula is C17H34N2. The Morgan fingerprint density at radius 3 is 2.58 bits per heavy atom. The Morgan fingerprint density at radius 2 is 2.00 bits per heavy atom. The fourth-order valence-corrected chi connectivity index (χ4v) is 4.14. The molecule has 0 spiro atoms. The zero-order chi connectivity index (χ0) is 13.7. The predicted molar refractivity (Wildman–Crippen MR) is 83.5 cm³/mol. The van der Waals surface area contributed by atoms with Gasteiger partial charge in [-0.15, -0.1) is 0 Å². The van der Waals surface area contributed by atoms with Crippen LogP contribution in [0.5, 0.6) is 0 Å². The van der Waals surface area contributed by atoms with Gasteiger partial charge >= 0.3 is 0 Å². The van der Waals surface area contributed by atoms with E-state index in [-0.39, 0.29) is 0 Å². The van der Waals surface area contributed by atoms with Crippen molar-refractivity contribution in [2.24, 2.45) is 11.3 Å². The van der Waals surface area contributed by atoms with Crippen molar-refractivity contribution in [3.8, 4) is 0 Å². The standard InChI is InChI=1S/C17H34N2/c1-4-11-18-13-17(10-6-7-15(2)12-17)14-19(3)16-8-5-9-16/h15-16,18H,4-14H2,1-3H3. The zero-order valence-corrected chi connectivity index (χ0v) is 13.4. The molecule has 2 atom stereocenters. The number of nitrogens with one attached hydrogen (secondary N) is 1. The van der Waals surface area contributed by atoms with E-state index in [9.17, 15) is 0 Å². The second-order valence-electron chi connectivity index (χ2n) is 7.38. The van der Waals surface area contributed by atoms with E-state index in [0.717, 1.165) is 12.0 Å². The van der Waals surface area contributed by atoms with Crippen LogP contribution in [0.4, 0.5) is 0 Å². The lowest BCUT2D eigenvalue weighted by atomic mass is 9.69. The van der Waals surface area contributed by atoms with Gasteiger partial charge in [0.2, 0.25) is 0 Å². The molecule has 0 saturated heterocycles. The molecule has 0 bridgehead atoms. The summed E-state index contributed by atoms with van der Waals surface area (Å²) in [5.74, 6) is 0.923. The quantitative estimate of drug-likeness (QED) is 0.707. The molecule has 112 valence electrons. The summed E-state index contributed by atoms with van der Waals surface area (Å²) in [4.78, 5) is 2.68. The minimum absolute atomic E-state index is 0.553. The lowest BCUT2D eigenvalue weighted by Gasteiger charge is -2.46. The average molecular weight is 266 g/mol. The third kappa shape index (κ3) is 4.19. The molecule has 1 N–H and O–H groups in total. The van der Waals surface area contributed by atoms with Crippen molar-refractivity contribution in [2.45, 2.75) is 71.3 Å². The molecule has 0 aromatic heterocycles. The van der Waals surface area contributed by atoms with Gasteiger partial charge in [-0.1, -0.05) is 33.1 Å². The maximum Gasteiger partial charge on any atom is 0.00924 e. The van der Waals surface area contributed by atoms with Crippen LogP contribution in [-0.4, -0.2) is 37.6 Å². The van der Waals surface area contributed by atoms with Gasteiger partial charge in [-0.3, -0.25) is 0 Å². The first-order valence-electron chi connectivity index (χ1n) is 8.56. The lowest BCUT2D eigenvalue weighted by Crippen LogP contribution is -2.49. The van der Waals surface area contributed by atoms with E-state index >= 15 is 0 Å². The van der Waals surface area contributed by atoms with Crippen molar-refractivity contribution in [2.75, 3.05) is 26.7 Å². The van der Waals surface area contributed by atoms with E-state index < -0.39 is 0 Å². The number of rotatable bonds is 7. The maximum atomic E-state index is 3.72. The molecule has 19 heavy (non-hydrogen) atoms. The SMILES string of the molecule is CCCNCC1(CN(C)C2CCC2)CCCC(C)C1. The molecular weight excluding hydrogens is 232 g/mol. The lowest BCUT2D eigenvalue weighted by molar-refractivity contribution is 0.0514. The third-order valence-corrected chi connectivity index (χ3v) is 5.40. The summed E-state index contributed by atoms with van der Waals surface area (Å²) < 4.78 is 0. The molecule has 2 fully saturated rings. The van der Waals surface area contributed by atoms with Crippen LogP contribution in [0.2, 0.25) is 0 Å². The summed E-state index contributed by atoms with van der Waals surface area (Å²) in [6.07, 6.45) is 11.3. The topological polar surface area (TPSA) is 15.3 Å². The largest absolute Gasteiger partial charge is 0.316 e. The number of hydrogen-bond donors (Lipinski definition) is 1. The molecule has 2 heteroatoms. The first-order chi connectivity index (χ1) is 9.15. The molecule has 0 aliphatic heterocycles. The van der Waals surface area contributed by atoms with Gasteiger partial charge in [0, 0.05) is 19.1 Å². The van der Waals surface area contributed by atoms with E-state index in [1.54, 1.807) is 0 Å². The van der Waals surface area contributed by atoms with E-state index in [0.29, 0.717) is 5.41 Å². The van der Waals surface area contributed by atoms with Gasteiger partial charge in [-0.25, -0.2) is 0 Å². The van der Waals surface area contributed by atoms with Gasteiger partial charge in [0.25, 0.3) is 0 Å². The van der Waals surface area contributed by atoms with Crippen LogP contribution in [0.25, 0.3) is 0 Å². The highest BCUT2D eigenvalue weighted by Crippen LogP contribution is 2.40. The Hall–Kier alpha value is -0.0800. The highest BCUT2D eigenvalue weighted by molar-refractivity contribution is 4.91. The molecule has 0 amide bonds. The summed E-state index contributed by atoms with van der Waals surface area (Å²) in [6.45, 7) is 8.46. The Morgan fingerprint density at radius 1 is 1.21 bits per heavy atom. The molecule has 0 aromatic rings. The normalized spacial score (nSPS) is 32.5. The number of hydrogen-bond acceptors (Lipinski definition) is 2. The van der Waals surface area contributed by atoms with Crippen molar-refractivity contribution in [1.82, 2.24) is 10.2 Å². The molecule has 2 unspecified atom stereocenters. The van der Waals surface area contributed by atoms with Gasteiger partial charge in [-0.05, 0) is 57.0 Å². The molecule has 0 aromatic carbocycles. The Bertz CT molecular complexity index is 262. The van der Waals surface area contributed by atoms with E-state index in [4.69, 9.17) is 0 Å². The van der Waals surface area contributed by atoms with Gasteiger partial charge in [0.15, 0.2) is 0 Å². The molecule has 0 radical (unpaired) electrons. The summed E-state index contributed by atoms with van der Waals surface area (Å²) >= 11 is 0. The summed E-state index contributed by atoms with van der Waals surface area (Å²) in [5.41, 5.74) is 0.553. The van der Waals surface area contributed by atoms with Crippen LogP contribution < -0.4 is 5.32 Å². The van der Waals surface area contributed by atoms with Crippen LogP contribution in [0, 0.1) is 11.3 Å². The van der Waals surface area contributed by atoms with Crippen molar-refractivity contribution < 1.29 is 0 Å². The minimum Gasteiger partial charge on any atom is -0.316 e. The Labute approximate surface area is 120 Å². The van der Waals surface area contributed by atoms with Gasteiger partial charge in [0.1, 0.15) is 0 Å². The monoisotopic (exact) mass is 266 g/mol. The highest BCUT2D eigenvalue weighted by Gasteiger charge is 2.37. The first-order valence-corrected chi connectivity index (χ1v) is 8.56. The van der Waals surface area contributed by atoms with Crippen LogP contribution in [0.1, 0.15) is 65.2 Å². The van der Waals surface area contributed by atoms with Gasteiger partial charge in [0.05, 0.1) is 0 Å². The average Bonchev–Trinajstić information content (AvgIpc) is 2.26. The summed E-state index contributed by atoms with van der Waals surface area (Å²) in [7, 11) is 2.37. The van der Waals surface area contributed by atoms with Crippen LogP contribution in [-0.2, 0) is 0 Å². The minimum atomic E-state index is 0.553. The van der Waals surface area contributed by atoms with E-state index in [2.05, 4.69) is 31.1 Å². The maximum absolute atomic E-state index is 3.72. The molecule has 2 aliphatic carbocycles. The summed E-state index contributed by atoms with van der Waals surface area (Å²) in [6, 6.07) is 0.889. The fraction of sp³-hybridized carbons (Fsp3) is 1.00. The van der Waals surface area contributed by atoms with E-state index in [1.807, 2.05) is 0 Å². The molecule has 2 nitrogen and oxygen atoms in total. The molecule has 0 heterocycles. The predicted octanol–water partition coefficient (Wildman–Crippen LogP) is 3.67. The highest BCUT2D eigenvalue weighted by atomic mass is 15.1. The zero-order valence-electron chi connectivity index (χ0n) is 13.4. The van der Waals surface area contributed by atoms with Crippen molar-refractivity contribution in [3.63, 3.8) is 0 Å². The van der Waals surface area contributed by atoms with Crippen LogP contribution in [0.15, 0.2) is 0 Å². The smallest absolute Gasteiger partial charge is 0.00924 e. The van der Waals surface area contributed by atoms with Crippen molar-refractivity contribution in [1.29, 1.82) is 0 Å². The van der Waals surface area contributed by atoms with E-state index in [1.165, 1.54) is 71.0 Å². The third-order valence-electron chi connectivity index (χ3n) is 5.40. The van der Waals surface area contributed by atoms with Crippen LogP contribution in [0.3, 0.4) is 0 Å². The van der Waals surface area contributed by atoms with Gasteiger partial charge in [-0.2, -0.15) is 0 Å². The van der Waals surface area contributed by atoms with Crippen molar-refractivity contribution in [3.05, 3.63) is 0 Å². The second kappa shape index (κ2) is 7.08. The van der Waals surface area contributed by atoms with Crippen LogP contribution >= 0.6 is 0 Å². The number of nitrogens with zero attached hydrogens (tertiary/aromatic N) is 1. The summed E-state index contributed by atoms with van der Waals surface area (Å²) in [5, 5.41) is 3.72. The van der Waals surface area contributed by atoms with Crippen molar-refractivity contribution >= 4 is 0 Å². The van der Waals surface area contributed by atoms with Gasteiger partial charge < -0.3 is 10.2 Å². The Balaban J connectivity index is 1.91. The second-order valence-corrected chi connectivity index (χ2v) is 7.38. The molecule has 2 aliphatic rings. The Kier molecular flexibility index (Phi) is 5.70.